The van der Waals surface area contributed by atoms with Crippen LogP contribution in [-0.4, -0.2) is 32.0 Å². The molecule has 5 heteroatoms. The van der Waals surface area contributed by atoms with Gasteiger partial charge in [-0.25, -0.2) is 0 Å². The van der Waals surface area contributed by atoms with Gasteiger partial charge < -0.3 is 10.1 Å². The first-order valence-electron chi connectivity index (χ1n) is 4.83. The summed E-state index contributed by atoms with van der Waals surface area (Å²) in [6.07, 6.45) is 2.71. The van der Waals surface area contributed by atoms with Crippen molar-refractivity contribution in [3.8, 4) is 12.3 Å². The van der Waals surface area contributed by atoms with E-state index >= 15 is 0 Å². The van der Waals surface area contributed by atoms with Gasteiger partial charge in [-0.1, -0.05) is 19.3 Å². The molecule has 0 fully saturated rings. The van der Waals surface area contributed by atoms with Crippen LogP contribution in [0.1, 0.15) is 19.8 Å². The summed E-state index contributed by atoms with van der Waals surface area (Å²) in [6.45, 7) is 1.14. The molecule has 1 N–H and O–H groups in total. The van der Waals surface area contributed by atoms with Gasteiger partial charge in [0.2, 0.25) is 0 Å². The molecule has 0 spiro atoms. The summed E-state index contributed by atoms with van der Waals surface area (Å²) in [7, 11) is 0. The van der Waals surface area contributed by atoms with Crippen molar-refractivity contribution in [3.63, 3.8) is 0 Å². The average Bonchev–Trinajstić information content (AvgIpc) is 2.14. The van der Waals surface area contributed by atoms with E-state index in [9.17, 15) is 13.2 Å². The number of alkyl halides is 3. The minimum atomic E-state index is -4.26. The lowest BCUT2D eigenvalue weighted by Gasteiger charge is -2.12. The first-order chi connectivity index (χ1) is 6.99. The van der Waals surface area contributed by atoms with Crippen LogP contribution in [0.25, 0.3) is 0 Å². The van der Waals surface area contributed by atoms with Gasteiger partial charge in [0.1, 0.15) is 6.61 Å². The largest absolute Gasteiger partial charge is 0.411 e. The van der Waals surface area contributed by atoms with Crippen LogP contribution in [0.4, 0.5) is 13.2 Å². The van der Waals surface area contributed by atoms with E-state index in [1.807, 2.05) is 6.92 Å². The number of hydrogen-bond acceptors (Lipinski definition) is 2. The lowest BCUT2D eigenvalue weighted by molar-refractivity contribution is -0.173. The van der Waals surface area contributed by atoms with Gasteiger partial charge in [-0.05, 0) is 6.42 Å². The van der Waals surface area contributed by atoms with Crippen LogP contribution in [0.15, 0.2) is 0 Å². The molecule has 0 saturated heterocycles. The normalized spacial score (nSPS) is 13.5. The van der Waals surface area contributed by atoms with Crippen LogP contribution >= 0.6 is 0 Å². The third kappa shape index (κ3) is 9.57. The average molecular weight is 223 g/mol. The fourth-order valence-electron chi connectivity index (χ4n) is 1.03. The highest BCUT2D eigenvalue weighted by Crippen LogP contribution is 2.13. The molecule has 0 radical (unpaired) electrons. The Bertz CT molecular complexity index is 198. The van der Waals surface area contributed by atoms with E-state index in [1.165, 1.54) is 0 Å². The summed E-state index contributed by atoms with van der Waals surface area (Å²) in [6, 6.07) is -0.0792. The maximum Gasteiger partial charge on any atom is 0.411 e. The molecular formula is C10H16F3NO. The van der Waals surface area contributed by atoms with Crippen molar-refractivity contribution in [1.82, 2.24) is 5.32 Å². The Kier molecular flexibility index (Phi) is 7.18. The zero-order valence-corrected chi connectivity index (χ0v) is 8.73. The Hall–Kier alpha value is -0.730. The Morgan fingerprint density at radius 2 is 2.13 bits per heavy atom. The van der Waals surface area contributed by atoms with E-state index in [4.69, 9.17) is 6.42 Å². The van der Waals surface area contributed by atoms with Crippen LogP contribution in [0.2, 0.25) is 0 Å². The maximum atomic E-state index is 11.7. The Labute approximate surface area is 88.2 Å². The first-order valence-corrected chi connectivity index (χ1v) is 4.83. The number of ether oxygens (including phenoxy) is 1. The maximum absolute atomic E-state index is 11.7. The molecule has 2 nitrogen and oxygen atoms in total. The summed E-state index contributed by atoms with van der Waals surface area (Å²) in [5.74, 6) is 2.52. The second-order valence-corrected chi connectivity index (χ2v) is 3.13. The number of terminal acetylenes is 1. The Morgan fingerprint density at radius 1 is 1.47 bits per heavy atom. The standard InChI is InChI=1S/C10H16F3NO/c1-3-5-9(4-2)14-6-7-15-8-10(11,12)13/h2,9,14H,3,5-8H2,1H3. The molecular weight excluding hydrogens is 207 g/mol. The SMILES string of the molecule is C#CC(CCC)NCCOCC(F)(F)F. The van der Waals surface area contributed by atoms with Crippen LogP contribution in [0.5, 0.6) is 0 Å². The van der Waals surface area contributed by atoms with E-state index in [0.717, 1.165) is 12.8 Å². The van der Waals surface area contributed by atoms with Gasteiger partial charge in [-0.15, -0.1) is 6.42 Å². The molecule has 0 saturated carbocycles. The molecule has 88 valence electrons. The Morgan fingerprint density at radius 3 is 2.60 bits per heavy atom. The molecule has 0 aromatic rings. The third-order valence-corrected chi connectivity index (χ3v) is 1.68. The quantitative estimate of drug-likeness (QED) is 0.526. The molecule has 0 aliphatic carbocycles. The van der Waals surface area contributed by atoms with Crippen molar-refractivity contribution in [1.29, 1.82) is 0 Å². The van der Waals surface area contributed by atoms with Crippen LogP contribution in [0.3, 0.4) is 0 Å². The summed E-state index contributed by atoms with van der Waals surface area (Å²) in [4.78, 5) is 0. The van der Waals surface area contributed by atoms with Crippen molar-refractivity contribution in [2.45, 2.75) is 32.0 Å². The lowest BCUT2D eigenvalue weighted by atomic mass is 10.2. The molecule has 0 rings (SSSR count). The predicted molar refractivity (Wildman–Crippen MR) is 52.4 cm³/mol. The van der Waals surface area contributed by atoms with Crippen molar-refractivity contribution >= 4 is 0 Å². The van der Waals surface area contributed by atoms with Crippen molar-refractivity contribution in [3.05, 3.63) is 0 Å². The van der Waals surface area contributed by atoms with Crippen molar-refractivity contribution in [2.24, 2.45) is 0 Å². The molecule has 0 aromatic carbocycles. The zero-order chi connectivity index (χ0) is 11.7. The minimum absolute atomic E-state index is 0.0153. The topological polar surface area (TPSA) is 21.3 Å². The number of rotatable bonds is 7. The fourth-order valence-corrected chi connectivity index (χ4v) is 1.03. The van der Waals surface area contributed by atoms with Crippen LogP contribution in [-0.2, 0) is 4.74 Å². The van der Waals surface area contributed by atoms with Crippen LogP contribution in [0, 0.1) is 12.3 Å². The van der Waals surface area contributed by atoms with E-state index in [-0.39, 0.29) is 12.6 Å². The number of halogens is 3. The molecule has 0 heterocycles. The second-order valence-electron chi connectivity index (χ2n) is 3.13. The monoisotopic (exact) mass is 223 g/mol. The van der Waals surface area contributed by atoms with E-state index in [0.29, 0.717) is 6.54 Å². The molecule has 0 aliphatic rings. The minimum Gasteiger partial charge on any atom is -0.371 e. The summed E-state index contributed by atoms with van der Waals surface area (Å²) >= 11 is 0. The molecule has 1 atom stereocenters. The highest BCUT2D eigenvalue weighted by atomic mass is 19.4. The van der Waals surface area contributed by atoms with Gasteiger partial charge in [0.25, 0.3) is 0 Å². The zero-order valence-electron chi connectivity index (χ0n) is 8.73. The summed E-state index contributed by atoms with van der Waals surface area (Å²) < 4.78 is 39.4. The van der Waals surface area contributed by atoms with E-state index in [2.05, 4.69) is 16.0 Å². The molecule has 0 aliphatic heterocycles. The van der Waals surface area contributed by atoms with Gasteiger partial charge in [-0.3, -0.25) is 0 Å². The van der Waals surface area contributed by atoms with E-state index < -0.39 is 12.8 Å². The predicted octanol–water partition coefficient (Wildman–Crippen LogP) is 1.96. The number of nitrogens with one attached hydrogen (secondary N) is 1. The molecule has 15 heavy (non-hydrogen) atoms. The fraction of sp³-hybridized carbons (Fsp3) is 0.800. The third-order valence-electron chi connectivity index (χ3n) is 1.68. The van der Waals surface area contributed by atoms with Gasteiger partial charge >= 0.3 is 6.18 Å². The second kappa shape index (κ2) is 7.55. The molecule has 0 bridgehead atoms. The molecule has 0 amide bonds. The van der Waals surface area contributed by atoms with Gasteiger partial charge in [0.05, 0.1) is 12.6 Å². The van der Waals surface area contributed by atoms with Crippen LogP contribution < -0.4 is 5.32 Å². The van der Waals surface area contributed by atoms with Gasteiger partial charge in [0, 0.05) is 6.54 Å². The molecule has 0 aromatic heterocycles. The van der Waals surface area contributed by atoms with E-state index in [1.54, 1.807) is 0 Å². The van der Waals surface area contributed by atoms with Crippen molar-refractivity contribution in [2.75, 3.05) is 19.8 Å². The first kappa shape index (κ1) is 14.3. The highest BCUT2D eigenvalue weighted by molar-refractivity contribution is 4.98. The highest BCUT2D eigenvalue weighted by Gasteiger charge is 2.27. The van der Waals surface area contributed by atoms with Gasteiger partial charge in [-0.2, -0.15) is 13.2 Å². The molecule has 1 unspecified atom stereocenters. The summed E-state index contributed by atoms with van der Waals surface area (Å²) in [5, 5.41) is 2.93. The van der Waals surface area contributed by atoms with Crippen molar-refractivity contribution < 1.29 is 17.9 Å². The number of hydrogen-bond donors (Lipinski definition) is 1. The smallest absolute Gasteiger partial charge is 0.371 e. The lowest BCUT2D eigenvalue weighted by Crippen LogP contribution is -2.31. The van der Waals surface area contributed by atoms with Gasteiger partial charge in [0.15, 0.2) is 0 Å². The Balaban J connectivity index is 3.42. The summed E-state index contributed by atoms with van der Waals surface area (Å²) in [5.41, 5.74) is 0.